The fraction of sp³-hybridized carbons (Fsp3) is 0.462. The summed E-state index contributed by atoms with van der Waals surface area (Å²) < 4.78 is 0. The summed E-state index contributed by atoms with van der Waals surface area (Å²) in [5.41, 5.74) is 1.16. The second-order valence-corrected chi connectivity index (χ2v) is 4.60. The summed E-state index contributed by atoms with van der Waals surface area (Å²) >= 11 is 0. The molecule has 2 atom stereocenters. The molecule has 1 heterocycles. The molecule has 18 heavy (non-hydrogen) atoms. The van der Waals surface area contributed by atoms with Gasteiger partial charge in [0.05, 0.1) is 12.1 Å². The highest BCUT2D eigenvalue weighted by Crippen LogP contribution is 2.16. The van der Waals surface area contributed by atoms with E-state index in [-0.39, 0.29) is 45.0 Å². The van der Waals surface area contributed by atoms with Crippen LogP contribution in [0.3, 0.4) is 0 Å². The van der Waals surface area contributed by atoms with Gasteiger partial charge in [-0.15, -0.1) is 0 Å². The molecular weight excluding hydrogens is 264 g/mol. The second kappa shape index (κ2) is 7.71. The van der Waals surface area contributed by atoms with Gasteiger partial charge in [-0.05, 0) is 11.5 Å². The molecule has 1 aromatic rings. The standard InChI is InChI=1S/C13H18N2O.2H2S/c1-9(2)12-13(16)15-11(8-14-12)10-6-4-3-5-7-10;;/h3-7,9,11-12,14H,8H2,1-2H3,(H,15,16);2*1H2/t11-,12+;;/m1../s1. The Balaban J connectivity index is 0.00000144. The fourth-order valence-electron chi connectivity index (χ4n) is 2.08. The minimum absolute atomic E-state index is 0. The van der Waals surface area contributed by atoms with Crippen LogP contribution in [0.25, 0.3) is 0 Å². The molecule has 0 saturated carbocycles. The minimum Gasteiger partial charge on any atom is -0.347 e. The lowest BCUT2D eigenvalue weighted by Crippen LogP contribution is -2.56. The Morgan fingerprint density at radius 3 is 2.28 bits per heavy atom. The third-order valence-electron chi connectivity index (χ3n) is 3.01. The molecule has 1 aromatic carbocycles. The predicted molar refractivity (Wildman–Crippen MR) is 84.7 cm³/mol. The lowest BCUT2D eigenvalue weighted by Gasteiger charge is -2.32. The van der Waals surface area contributed by atoms with Crippen LogP contribution < -0.4 is 10.6 Å². The van der Waals surface area contributed by atoms with Crippen molar-refractivity contribution in [1.29, 1.82) is 0 Å². The van der Waals surface area contributed by atoms with Crippen LogP contribution in [-0.2, 0) is 4.79 Å². The maximum Gasteiger partial charge on any atom is 0.237 e. The van der Waals surface area contributed by atoms with Gasteiger partial charge in [0, 0.05) is 6.54 Å². The molecule has 5 heteroatoms. The third kappa shape index (κ3) is 3.93. The van der Waals surface area contributed by atoms with E-state index in [4.69, 9.17) is 0 Å². The molecule has 102 valence electrons. The van der Waals surface area contributed by atoms with Crippen LogP contribution in [0, 0.1) is 5.92 Å². The largest absolute Gasteiger partial charge is 0.347 e. The number of piperazine rings is 1. The summed E-state index contributed by atoms with van der Waals surface area (Å²) in [7, 11) is 0. The van der Waals surface area contributed by atoms with Gasteiger partial charge in [-0.25, -0.2) is 0 Å². The Kier molecular flexibility index (Phi) is 7.43. The van der Waals surface area contributed by atoms with Crippen molar-refractivity contribution in [2.45, 2.75) is 25.9 Å². The first-order valence-corrected chi connectivity index (χ1v) is 5.77. The molecule has 0 aromatic heterocycles. The van der Waals surface area contributed by atoms with Crippen LogP contribution >= 0.6 is 27.0 Å². The van der Waals surface area contributed by atoms with Crippen LogP contribution in [-0.4, -0.2) is 18.5 Å². The Hall–Kier alpha value is -0.650. The quantitative estimate of drug-likeness (QED) is 0.869. The highest BCUT2D eigenvalue weighted by Gasteiger charge is 2.29. The van der Waals surface area contributed by atoms with E-state index in [9.17, 15) is 4.79 Å². The molecule has 0 spiro atoms. The molecule has 1 aliphatic rings. The van der Waals surface area contributed by atoms with Crippen LogP contribution in [0.2, 0.25) is 0 Å². The Morgan fingerprint density at radius 2 is 1.78 bits per heavy atom. The van der Waals surface area contributed by atoms with Crippen molar-refractivity contribution >= 4 is 32.9 Å². The number of hydrogen-bond acceptors (Lipinski definition) is 2. The monoisotopic (exact) mass is 286 g/mol. The van der Waals surface area contributed by atoms with E-state index in [1.54, 1.807) is 0 Å². The van der Waals surface area contributed by atoms with Crippen molar-refractivity contribution in [2.75, 3.05) is 6.54 Å². The normalized spacial score (nSPS) is 22.7. The molecular formula is C13H22N2OS2. The average molecular weight is 286 g/mol. The van der Waals surface area contributed by atoms with E-state index in [2.05, 4.69) is 24.5 Å². The van der Waals surface area contributed by atoms with Gasteiger partial charge >= 0.3 is 0 Å². The van der Waals surface area contributed by atoms with Crippen molar-refractivity contribution in [2.24, 2.45) is 5.92 Å². The zero-order valence-electron chi connectivity index (χ0n) is 10.7. The molecule has 1 amide bonds. The number of amides is 1. The average Bonchev–Trinajstić information content (AvgIpc) is 2.29. The van der Waals surface area contributed by atoms with E-state index < -0.39 is 0 Å². The van der Waals surface area contributed by atoms with Crippen LogP contribution in [0.5, 0.6) is 0 Å². The summed E-state index contributed by atoms with van der Waals surface area (Å²) in [4.78, 5) is 11.8. The fourth-order valence-corrected chi connectivity index (χ4v) is 2.08. The van der Waals surface area contributed by atoms with E-state index in [0.29, 0.717) is 5.92 Å². The predicted octanol–water partition coefficient (Wildman–Crippen LogP) is 1.70. The maximum atomic E-state index is 11.8. The lowest BCUT2D eigenvalue weighted by atomic mass is 9.97. The SMILES string of the molecule is CC(C)[C@@H]1NC[C@H](c2ccccc2)NC1=O.S.S. The first kappa shape index (κ1) is 17.4. The highest BCUT2D eigenvalue weighted by atomic mass is 32.1. The second-order valence-electron chi connectivity index (χ2n) is 4.60. The van der Waals surface area contributed by atoms with Crippen molar-refractivity contribution in [1.82, 2.24) is 10.6 Å². The summed E-state index contributed by atoms with van der Waals surface area (Å²) in [6.07, 6.45) is 0. The molecule has 0 unspecified atom stereocenters. The van der Waals surface area contributed by atoms with Crippen molar-refractivity contribution in [3.63, 3.8) is 0 Å². The topological polar surface area (TPSA) is 41.1 Å². The summed E-state index contributed by atoms with van der Waals surface area (Å²) in [5, 5.41) is 6.37. The molecule has 0 bridgehead atoms. The smallest absolute Gasteiger partial charge is 0.237 e. The van der Waals surface area contributed by atoms with Gasteiger partial charge < -0.3 is 10.6 Å². The molecule has 2 rings (SSSR count). The first-order valence-electron chi connectivity index (χ1n) is 5.77. The maximum absolute atomic E-state index is 11.8. The van der Waals surface area contributed by atoms with Gasteiger partial charge in [-0.2, -0.15) is 27.0 Å². The van der Waals surface area contributed by atoms with Crippen molar-refractivity contribution in [3.05, 3.63) is 35.9 Å². The van der Waals surface area contributed by atoms with E-state index >= 15 is 0 Å². The van der Waals surface area contributed by atoms with Crippen LogP contribution in [0.15, 0.2) is 30.3 Å². The van der Waals surface area contributed by atoms with E-state index in [1.165, 1.54) is 0 Å². The summed E-state index contributed by atoms with van der Waals surface area (Å²) in [6, 6.07) is 10.1. The van der Waals surface area contributed by atoms with Crippen LogP contribution in [0.4, 0.5) is 0 Å². The van der Waals surface area contributed by atoms with E-state index in [0.717, 1.165) is 12.1 Å². The van der Waals surface area contributed by atoms with Gasteiger partial charge in [0.2, 0.25) is 5.91 Å². The molecule has 3 nitrogen and oxygen atoms in total. The Labute approximate surface area is 123 Å². The molecule has 0 radical (unpaired) electrons. The van der Waals surface area contributed by atoms with Gasteiger partial charge in [0.1, 0.15) is 0 Å². The number of benzene rings is 1. The van der Waals surface area contributed by atoms with Crippen LogP contribution in [0.1, 0.15) is 25.5 Å². The number of rotatable bonds is 2. The molecule has 1 saturated heterocycles. The summed E-state index contributed by atoms with van der Waals surface area (Å²) in [6.45, 7) is 4.92. The number of carbonyl (C=O) groups is 1. The number of hydrogen-bond donors (Lipinski definition) is 2. The van der Waals surface area contributed by atoms with E-state index in [1.807, 2.05) is 30.3 Å². The summed E-state index contributed by atoms with van der Waals surface area (Å²) in [5.74, 6) is 0.437. The van der Waals surface area contributed by atoms with Gasteiger partial charge in [-0.3, -0.25) is 4.79 Å². The first-order chi connectivity index (χ1) is 7.68. The van der Waals surface area contributed by atoms with Crippen molar-refractivity contribution < 1.29 is 4.79 Å². The van der Waals surface area contributed by atoms with Gasteiger partial charge in [-0.1, -0.05) is 44.2 Å². The number of nitrogens with one attached hydrogen (secondary N) is 2. The number of carbonyl (C=O) groups excluding carboxylic acids is 1. The zero-order valence-corrected chi connectivity index (χ0v) is 12.7. The molecule has 1 fully saturated rings. The lowest BCUT2D eigenvalue weighted by molar-refractivity contribution is -0.126. The third-order valence-corrected chi connectivity index (χ3v) is 3.01. The molecule has 0 aliphatic carbocycles. The molecule has 1 aliphatic heterocycles. The van der Waals surface area contributed by atoms with Gasteiger partial charge in [0.15, 0.2) is 0 Å². The molecule has 2 N–H and O–H groups in total. The van der Waals surface area contributed by atoms with Crippen molar-refractivity contribution in [3.8, 4) is 0 Å². The Bertz CT molecular complexity index is 371. The Morgan fingerprint density at radius 1 is 1.17 bits per heavy atom. The zero-order chi connectivity index (χ0) is 11.5. The minimum atomic E-state index is -0.0556. The highest BCUT2D eigenvalue weighted by molar-refractivity contribution is 7.59. The van der Waals surface area contributed by atoms with Gasteiger partial charge in [0.25, 0.3) is 0 Å².